The number of allylic oxidation sites excluding steroid dienone is 2. The summed E-state index contributed by atoms with van der Waals surface area (Å²) in [6, 6.07) is 4.81. The summed E-state index contributed by atoms with van der Waals surface area (Å²) in [5, 5.41) is 12.7. The maximum atomic E-state index is 16.0. The van der Waals surface area contributed by atoms with Gasteiger partial charge in [0.15, 0.2) is 5.78 Å². The summed E-state index contributed by atoms with van der Waals surface area (Å²) in [5.41, 5.74) is 10.4. The summed E-state index contributed by atoms with van der Waals surface area (Å²) in [4.78, 5) is 16.9. The molecule has 0 spiro atoms. The molecule has 0 unspecified atom stereocenters. The summed E-state index contributed by atoms with van der Waals surface area (Å²) in [5.74, 6) is -1.07. The van der Waals surface area contributed by atoms with Gasteiger partial charge in [-0.3, -0.25) is 4.79 Å². The quantitative estimate of drug-likeness (QED) is 0.550. The fourth-order valence-corrected chi connectivity index (χ4v) is 5.13. The highest BCUT2D eigenvalue weighted by molar-refractivity contribution is 6.14. The molecule has 8 heteroatoms. The van der Waals surface area contributed by atoms with Gasteiger partial charge in [0.1, 0.15) is 11.6 Å². The normalized spacial score (nSPS) is 15.4. The third-order valence-corrected chi connectivity index (χ3v) is 6.92. The van der Waals surface area contributed by atoms with Crippen molar-refractivity contribution in [2.75, 3.05) is 41.7 Å². The van der Waals surface area contributed by atoms with Gasteiger partial charge in [-0.05, 0) is 49.1 Å². The van der Waals surface area contributed by atoms with Gasteiger partial charge in [-0.25, -0.2) is 8.78 Å². The third kappa shape index (κ3) is 4.24. The van der Waals surface area contributed by atoms with E-state index in [0.717, 1.165) is 13.1 Å². The van der Waals surface area contributed by atoms with Gasteiger partial charge in [-0.2, -0.15) is 5.26 Å². The first-order valence-corrected chi connectivity index (χ1v) is 12.2. The molecule has 2 aromatic rings. The minimum atomic E-state index is -0.620. The van der Waals surface area contributed by atoms with Crippen LogP contribution in [0.2, 0.25) is 0 Å². The van der Waals surface area contributed by atoms with E-state index in [1.807, 2.05) is 18.7 Å². The Bertz CT molecular complexity index is 1320. The lowest BCUT2D eigenvalue weighted by molar-refractivity contribution is -0.115. The van der Waals surface area contributed by atoms with Crippen molar-refractivity contribution in [3.8, 4) is 6.07 Å². The molecule has 2 aliphatic rings. The molecule has 6 nitrogen and oxygen atoms in total. The molecule has 0 aromatic heterocycles. The molecule has 0 aliphatic carbocycles. The summed E-state index contributed by atoms with van der Waals surface area (Å²) in [6.45, 7) is 12.4. The highest BCUT2D eigenvalue weighted by atomic mass is 19.1. The zero-order chi connectivity index (χ0) is 26.1. The van der Waals surface area contributed by atoms with E-state index in [1.165, 1.54) is 12.1 Å². The topological polar surface area (TPSA) is 85.4 Å². The molecule has 0 saturated carbocycles. The van der Waals surface area contributed by atoms with Gasteiger partial charge in [-0.15, -0.1) is 0 Å². The molecule has 188 valence electrons. The fourth-order valence-electron chi connectivity index (χ4n) is 5.13. The molecule has 0 amide bonds. The van der Waals surface area contributed by atoms with Crippen LogP contribution < -0.4 is 20.9 Å². The molecule has 0 atom stereocenters. The van der Waals surface area contributed by atoms with Crippen LogP contribution in [0.3, 0.4) is 0 Å². The standard InChI is InChI=1S/C28H31F2N5O/c1-5-6-24(36)20-15-35(23-14-22(32)21(29)13-19(23)7-8-31)27-18(4)28(34-11-9-33-10-12-34)26(30)17(3)25(27)16(20)2/h13-15,33H,2,5-7,9-12,32H2,1,3-4H3. The highest BCUT2D eigenvalue weighted by Gasteiger charge is 2.34. The van der Waals surface area contributed by atoms with E-state index in [0.29, 0.717) is 76.4 Å². The molecule has 3 N–H and O–H groups in total. The van der Waals surface area contributed by atoms with Crippen LogP contribution in [-0.4, -0.2) is 32.0 Å². The van der Waals surface area contributed by atoms with Crippen LogP contribution in [0.25, 0.3) is 5.57 Å². The monoisotopic (exact) mass is 491 g/mol. The number of nitrogens with zero attached hydrogens (tertiary/aromatic N) is 3. The van der Waals surface area contributed by atoms with Crippen LogP contribution in [0.4, 0.5) is 31.5 Å². The molecule has 0 bridgehead atoms. The number of rotatable bonds is 6. The number of Topliss-reactive ketones (excluding diaryl/α,β-unsaturated/α-hetero) is 1. The smallest absolute Gasteiger partial charge is 0.164 e. The molecule has 4 rings (SSSR count). The van der Waals surface area contributed by atoms with Gasteiger partial charge >= 0.3 is 0 Å². The largest absolute Gasteiger partial charge is 0.396 e. The number of nitrogen functional groups attached to an aromatic ring is 1. The predicted molar refractivity (Wildman–Crippen MR) is 140 cm³/mol. The van der Waals surface area contributed by atoms with E-state index in [9.17, 15) is 14.4 Å². The van der Waals surface area contributed by atoms with Crippen molar-refractivity contribution in [1.29, 1.82) is 5.26 Å². The lowest BCUT2D eigenvalue weighted by Gasteiger charge is -2.38. The number of ketones is 1. The highest BCUT2D eigenvalue weighted by Crippen LogP contribution is 2.49. The number of benzene rings is 2. The number of fused-ring (bicyclic) bond motifs is 1. The number of carbonyl (C=O) groups excluding carboxylic acids is 1. The van der Waals surface area contributed by atoms with Crippen molar-refractivity contribution < 1.29 is 13.6 Å². The van der Waals surface area contributed by atoms with E-state index < -0.39 is 5.82 Å². The van der Waals surface area contributed by atoms with Crippen LogP contribution >= 0.6 is 0 Å². The van der Waals surface area contributed by atoms with Crippen LogP contribution in [-0.2, 0) is 11.2 Å². The fraction of sp³-hybridized carbons (Fsp3) is 0.357. The lowest BCUT2D eigenvalue weighted by Crippen LogP contribution is -2.44. The van der Waals surface area contributed by atoms with E-state index in [-0.39, 0.29) is 23.7 Å². The molecule has 36 heavy (non-hydrogen) atoms. The molecule has 2 aliphatic heterocycles. The maximum Gasteiger partial charge on any atom is 0.164 e. The molecular formula is C28H31F2N5O. The number of carbonyl (C=O) groups is 1. The van der Waals surface area contributed by atoms with Crippen LogP contribution in [0.1, 0.15) is 42.0 Å². The van der Waals surface area contributed by atoms with Crippen molar-refractivity contribution in [3.63, 3.8) is 0 Å². The zero-order valence-corrected chi connectivity index (χ0v) is 21.0. The maximum absolute atomic E-state index is 16.0. The number of nitriles is 1. The number of halogens is 2. The van der Waals surface area contributed by atoms with Gasteiger partial charge < -0.3 is 20.9 Å². The van der Waals surface area contributed by atoms with Crippen molar-refractivity contribution >= 4 is 34.1 Å². The van der Waals surface area contributed by atoms with E-state index >= 15 is 4.39 Å². The van der Waals surface area contributed by atoms with E-state index in [4.69, 9.17) is 5.73 Å². The summed E-state index contributed by atoms with van der Waals surface area (Å²) in [7, 11) is 0. The minimum absolute atomic E-state index is 0.0602. The molecule has 1 saturated heterocycles. The number of nitrogens with two attached hydrogens (primary N) is 1. The summed E-state index contributed by atoms with van der Waals surface area (Å²) >= 11 is 0. The minimum Gasteiger partial charge on any atom is -0.396 e. The average Bonchev–Trinajstić information content (AvgIpc) is 2.85. The van der Waals surface area contributed by atoms with Crippen LogP contribution in [0.15, 0.2) is 30.5 Å². The second-order valence-corrected chi connectivity index (χ2v) is 9.28. The Labute approximate surface area is 210 Å². The van der Waals surface area contributed by atoms with Gasteiger partial charge in [0.2, 0.25) is 0 Å². The average molecular weight is 492 g/mol. The summed E-state index contributed by atoms with van der Waals surface area (Å²) < 4.78 is 30.4. The Morgan fingerprint density at radius 2 is 1.89 bits per heavy atom. The lowest BCUT2D eigenvalue weighted by atomic mass is 9.84. The van der Waals surface area contributed by atoms with Gasteiger partial charge in [0, 0.05) is 55.5 Å². The molecule has 2 heterocycles. The van der Waals surface area contributed by atoms with Crippen molar-refractivity contribution in [3.05, 3.63) is 64.4 Å². The number of hydrogen-bond acceptors (Lipinski definition) is 6. The SMILES string of the molecule is C=C1C(C(=O)CCC)=CN(c2cc(N)c(F)cc2CC#N)c2c(C)c(N3CCNCC3)c(F)c(C)c21. The van der Waals surface area contributed by atoms with Gasteiger partial charge in [0.05, 0.1) is 35.2 Å². The van der Waals surface area contributed by atoms with Crippen molar-refractivity contribution in [1.82, 2.24) is 5.32 Å². The number of hydrogen-bond donors (Lipinski definition) is 2. The first-order valence-electron chi connectivity index (χ1n) is 12.2. The zero-order valence-electron chi connectivity index (χ0n) is 21.0. The second-order valence-electron chi connectivity index (χ2n) is 9.28. The molecule has 2 aromatic carbocycles. The van der Waals surface area contributed by atoms with Crippen molar-refractivity contribution in [2.24, 2.45) is 0 Å². The Hall–Kier alpha value is -3.70. The summed E-state index contributed by atoms with van der Waals surface area (Å²) in [6.07, 6.45) is 2.58. The van der Waals surface area contributed by atoms with Gasteiger partial charge in [0.25, 0.3) is 0 Å². The molecule has 0 radical (unpaired) electrons. The number of anilines is 4. The van der Waals surface area contributed by atoms with Crippen molar-refractivity contribution in [2.45, 2.75) is 40.0 Å². The Kier molecular flexibility index (Phi) is 7.14. The van der Waals surface area contributed by atoms with E-state index in [2.05, 4.69) is 18.0 Å². The first kappa shape index (κ1) is 25.4. The van der Waals surface area contributed by atoms with Crippen LogP contribution in [0, 0.1) is 36.8 Å². The Morgan fingerprint density at radius 1 is 1.19 bits per heavy atom. The second kappa shape index (κ2) is 10.1. The van der Waals surface area contributed by atoms with Gasteiger partial charge in [-0.1, -0.05) is 13.5 Å². The Balaban J connectivity index is 2.05. The van der Waals surface area contributed by atoms with Crippen LogP contribution in [0.5, 0.6) is 0 Å². The van der Waals surface area contributed by atoms with E-state index in [1.54, 1.807) is 18.0 Å². The molecular weight excluding hydrogens is 460 g/mol. The number of nitrogens with one attached hydrogen (secondary N) is 1. The Morgan fingerprint density at radius 3 is 2.53 bits per heavy atom. The first-order chi connectivity index (χ1) is 17.2. The molecule has 1 fully saturated rings. The third-order valence-electron chi connectivity index (χ3n) is 6.92. The number of piperazine rings is 1. The predicted octanol–water partition coefficient (Wildman–Crippen LogP) is 5.06.